The van der Waals surface area contributed by atoms with Crippen LogP contribution in [0.15, 0.2) is 41.3 Å². The molecular formula is C22H24N2O3S. The molecule has 2 aliphatic carbocycles. The fourth-order valence-electron chi connectivity index (χ4n) is 5.39. The zero-order valence-electron chi connectivity index (χ0n) is 16.1. The van der Waals surface area contributed by atoms with E-state index in [1.807, 2.05) is 25.1 Å². The third kappa shape index (κ3) is 2.50. The van der Waals surface area contributed by atoms with E-state index in [1.54, 1.807) is 25.2 Å². The molecule has 146 valence electrons. The quantitative estimate of drug-likeness (QED) is 0.841. The number of anilines is 1. The Balaban J connectivity index is 1.56. The van der Waals surface area contributed by atoms with E-state index in [-0.39, 0.29) is 16.8 Å². The minimum atomic E-state index is -3.58. The molecule has 2 aromatic rings. The van der Waals surface area contributed by atoms with Gasteiger partial charge < -0.3 is 5.32 Å². The van der Waals surface area contributed by atoms with Crippen LogP contribution in [-0.4, -0.2) is 27.4 Å². The van der Waals surface area contributed by atoms with Gasteiger partial charge >= 0.3 is 0 Å². The predicted molar refractivity (Wildman–Crippen MR) is 109 cm³/mol. The molecule has 6 heteroatoms. The topological polar surface area (TPSA) is 66.5 Å². The van der Waals surface area contributed by atoms with Crippen molar-refractivity contribution in [2.75, 3.05) is 11.4 Å². The predicted octanol–water partition coefficient (Wildman–Crippen LogP) is 3.72. The van der Waals surface area contributed by atoms with Crippen LogP contribution in [0.1, 0.15) is 41.6 Å². The summed E-state index contributed by atoms with van der Waals surface area (Å²) >= 11 is 0. The summed E-state index contributed by atoms with van der Waals surface area (Å²) in [5.74, 6) is 1.33. The van der Waals surface area contributed by atoms with E-state index in [1.165, 1.54) is 23.6 Å². The number of nitrogens with one attached hydrogen (secondary N) is 1. The lowest BCUT2D eigenvalue weighted by atomic mass is 9.94. The van der Waals surface area contributed by atoms with Gasteiger partial charge in [0, 0.05) is 29.8 Å². The van der Waals surface area contributed by atoms with E-state index in [9.17, 15) is 13.2 Å². The van der Waals surface area contributed by atoms with Crippen molar-refractivity contribution in [3.63, 3.8) is 0 Å². The first-order valence-corrected chi connectivity index (χ1v) is 11.3. The van der Waals surface area contributed by atoms with Gasteiger partial charge in [0.15, 0.2) is 0 Å². The normalized spacial score (nSPS) is 26.6. The number of amides is 1. The summed E-state index contributed by atoms with van der Waals surface area (Å²) in [4.78, 5) is 13.3. The van der Waals surface area contributed by atoms with Gasteiger partial charge in [0.1, 0.15) is 0 Å². The van der Waals surface area contributed by atoms with Crippen molar-refractivity contribution in [1.29, 1.82) is 0 Å². The Kier molecular flexibility index (Phi) is 3.85. The molecule has 5 nitrogen and oxygen atoms in total. The summed E-state index contributed by atoms with van der Waals surface area (Å²) in [5, 5.41) is 3.24. The summed E-state index contributed by atoms with van der Waals surface area (Å²) < 4.78 is 27.1. The van der Waals surface area contributed by atoms with Gasteiger partial charge in [-0.05, 0) is 61.8 Å². The van der Waals surface area contributed by atoms with Crippen LogP contribution in [0.2, 0.25) is 0 Å². The van der Waals surface area contributed by atoms with Gasteiger partial charge in [0.05, 0.1) is 10.6 Å². The summed E-state index contributed by atoms with van der Waals surface area (Å²) in [6.07, 6.45) is 4.84. The van der Waals surface area contributed by atoms with Crippen molar-refractivity contribution >= 4 is 21.6 Å². The summed E-state index contributed by atoms with van der Waals surface area (Å²) in [5.41, 5.74) is 3.49. The van der Waals surface area contributed by atoms with Gasteiger partial charge in [-0.1, -0.05) is 24.6 Å². The summed E-state index contributed by atoms with van der Waals surface area (Å²) in [6.45, 7) is 1.87. The molecule has 1 N–H and O–H groups in total. The SMILES string of the molecule is Cc1cc(C(=O)N[C@@H]2C[C@H]3CC[C@H]2C3)cc2c1N(C)S(=O)(=O)c1ccccc1-2. The first kappa shape index (κ1) is 17.7. The fourth-order valence-corrected chi connectivity index (χ4v) is 6.87. The number of carbonyl (C=O) groups excluding carboxylic acids is 1. The highest BCUT2D eigenvalue weighted by atomic mass is 32.2. The molecular weight excluding hydrogens is 372 g/mol. The average molecular weight is 397 g/mol. The van der Waals surface area contributed by atoms with Gasteiger partial charge in [-0.3, -0.25) is 9.10 Å². The minimum Gasteiger partial charge on any atom is -0.349 e. The second-order valence-electron chi connectivity index (χ2n) is 8.41. The van der Waals surface area contributed by atoms with E-state index in [0.29, 0.717) is 22.7 Å². The largest absolute Gasteiger partial charge is 0.349 e. The first-order valence-electron chi connectivity index (χ1n) is 9.90. The molecule has 3 atom stereocenters. The molecule has 1 heterocycles. The van der Waals surface area contributed by atoms with Crippen molar-refractivity contribution in [3.05, 3.63) is 47.5 Å². The standard InChI is InChI=1S/C22H24N2O3S/c1-13-9-16(22(25)23-19-11-14-7-8-15(19)10-14)12-18-17-5-3-4-6-20(17)28(26,27)24(2)21(13)18/h3-6,9,12,14-15,19H,7-8,10-11H2,1-2H3,(H,23,25)/t14-,15-,19+/m0/s1. The molecule has 28 heavy (non-hydrogen) atoms. The van der Waals surface area contributed by atoms with E-state index in [4.69, 9.17) is 0 Å². The average Bonchev–Trinajstić information content (AvgIpc) is 3.29. The third-order valence-corrected chi connectivity index (χ3v) is 8.56. The van der Waals surface area contributed by atoms with Gasteiger partial charge in [-0.2, -0.15) is 0 Å². The molecule has 0 unspecified atom stereocenters. The molecule has 5 rings (SSSR count). The number of fused-ring (bicyclic) bond motifs is 5. The maximum atomic E-state index is 13.0. The molecule has 2 aromatic carbocycles. The van der Waals surface area contributed by atoms with Crippen LogP contribution in [0.3, 0.4) is 0 Å². The number of nitrogens with zero attached hydrogens (tertiary/aromatic N) is 1. The van der Waals surface area contributed by atoms with Crippen molar-refractivity contribution in [2.24, 2.45) is 11.8 Å². The zero-order chi connectivity index (χ0) is 19.6. The summed E-state index contributed by atoms with van der Waals surface area (Å²) in [7, 11) is -2.01. The van der Waals surface area contributed by atoms with Crippen molar-refractivity contribution in [2.45, 2.75) is 43.5 Å². The highest BCUT2D eigenvalue weighted by molar-refractivity contribution is 7.93. The number of sulfonamides is 1. The molecule has 2 fully saturated rings. The number of aryl methyl sites for hydroxylation is 1. The van der Waals surface area contributed by atoms with Gasteiger partial charge in [0.2, 0.25) is 0 Å². The van der Waals surface area contributed by atoms with Gasteiger partial charge in [-0.25, -0.2) is 8.42 Å². The first-order chi connectivity index (χ1) is 13.4. The second kappa shape index (κ2) is 6.08. The highest BCUT2D eigenvalue weighted by Gasteiger charge is 2.40. The monoisotopic (exact) mass is 396 g/mol. The Hall–Kier alpha value is -2.34. The van der Waals surface area contributed by atoms with Gasteiger partial charge in [-0.15, -0.1) is 0 Å². The Bertz CT molecular complexity index is 1090. The van der Waals surface area contributed by atoms with Crippen LogP contribution < -0.4 is 9.62 Å². The molecule has 0 spiro atoms. The van der Waals surface area contributed by atoms with Crippen LogP contribution in [0.4, 0.5) is 5.69 Å². The number of hydrogen-bond donors (Lipinski definition) is 1. The van der Waals surface area contributed by atoms with Crippen LogP contribution >= 0.6 is 0 Å². The van der Waals surface area contributed by atoms with E-state index in [2.05, 4.69) is 5.32 Å². The minimum absolute atomic E-state index is 0.0583. The smallest absolute Gasteiger partial charge is 0.264 e. The number of rotatable bonds is 2. The molecule has 0 aromatic heterocycles. The van der Waals surface area contributed by atoms with Gasteiger partial charge in [0.25, 0.3) is 15.9 Å². The molecule has 1 amide bonds. The maximum Gasteiger partial charge on any atom is 0.264 e. The van der Waals surface area contributed by atoms with Crippen LogP contribution in [0, 0.1) is 18.8 Å². The molecule has 2 bridgehead atoms. The Labute approximate surface area is 165 Å². The van der Waals surface area contributed by atoms with E-state index in [0.717, 1.165) is 23.5 Å². The van der Waals surface area contributed by atoms with Crippen LogP contribution in [0.5, 0.6) is 0 Å². The third-order valence-electron chi connectivity index (χ3n) is 6.75. The Morgan fingerprint density at radius 1 is 1.11 bits per heavy atom. The fraction of sp³-hybridized carbons (Fsp3) is 0.409. The number of carbonyl (C=O) groups is 1. The van der Waals surface area contributed by atoms with E-state index < -0.39 is 10.0 Å². The lowest BCUT2D eigenvalue weighted by Crippen LogP contribution is -2.38. The van der Waals surface area contributed by atoms with Crippen molar-refractivity contribution in [3.8, 4) is 11.1 Å². The highest BCUT2D eigenvalue weighted by Crippen LogP contribution is 2.46. The molecule has 0 saturated heterocycles. The number of hydrogen-bond acceptors (Lipinski definition) is 3. The lowest BCUT2D eigenvalue weighted by Gasteiger charge is -2.31. The van der Waals surface area contributed by atoms with Crippen LogP contribution in [-0.2, 0) is 10.0 Å². The summed E-state index contributed by atoms with van der Waals surface area (Å²) in [6, 6.07) is 10.9. The molecule has 3 aliphatic rings. The lowest BCUT2D eigenvalue weighted by molar-refractivity contribution is 0.0923. The molecule has 0 radical (unpaired) electrons. The number of benzene rings is 2. The Morgan fingerprint density at radius 2 is 1.89 bits per heavy atom. The maximum absolute atomic E-state index is 13.0. The van der Waals surface area contributed by atoms with E-state index >= 15 is 0 Å². The molecule has 2 saturated carbocycles. The van der Waals surface area contributed by atoms with Crippen molar-refractivity contribution < 1.29 is 13.2 Å². The van der Waals surface area contributed by atoms with Crippen LogP contribution in [0.25, 0.3) is 11.1 Å². The molecule has 1 aliphatic heterocycles. The Morgan fingerprint density at radius 3 is 2.61 bits per heavy atom. The zero-order valence-corrected chi connectivity index (χ0v) is 16.9. The van der Waals surface area contributed by atoms with Crippen molar-refractivity contribution in [1.82, 2.24) is 5.32 Å². The second-order valence-corrected chi connectivity index (χ2v) is 10.4.